The molecule has 194 valence electrons. The van der Waals surface area contributed by atoms with Crippen LogP contribution < -0.4 is 10.1 Å². The molecule has 4 unspecified atom stereocenters. The number of amides is 1. The van der Waals surface area contributed by atoms with Crippen molar-refractivity contribution in [2.24, 2.45) is 11.8 Å². The second-order valence-electron chi connectivity index (χ2n) is 9.32. The van der Waals surface area contributed by atoms with Gasteiger partial charge >= 0.3 is 11.9 Å². The smallest absolute Gasteiger partial charge is 0.329 e. The molecule has 0 spiro atoms. The van der Waals surface area contributed by atoms with Gasteiger partial charge in [-0.2, -0.15) is 0 Å². The molecule has 0 bridgehead atoms. The molecule has 1 aromatic heterocycles. The van der Waals surface area contributed by atoms with Crippen molar-refractivity contribution in [3.05, 3.63) is 53.9 Å². The van der Waals surface area contributed by atoms with Gasteiger partial charge in [-0.3, -0.25) is 9.59 Å². The lowest BCUT2D eigenvalue weighted by atomic mass is 9.86. The fourth-order valence-electron chi connectivity index (χ4n) is 4.30. The Labute approximate surface area is 211 Å². The van der Waals surface area contributed by atoms with Crippen molar-refractivity contribution >= 4 is 17.8 Å². The molecular weight excluding hydrogens is 464 g/mol. The van der Waals surface area contributed by atoms with Crippen molar-refractivity contribution in [3.8, 4) is 11.5 Å². The van der Waals surface area contributed by atoms with Crippen LogP contribution in [0.5, 0.6) is 11.5 Å². The molecule has 36 heavy (non-hydrogen) atoms. The van der Waals surface area contributed by atoms with Crippen LogP contribution in [0.3, 0.4) is 0 Å². The predicted octanol–water partition coefficient (Wildman–Crippen LogP) is 3.44. The summed E-state index contributed by atoms with van der Waals surface area (Å²) in [6.07, 6.45) is 2.17. The minimum Gasteiger partial charge on any atom is -0.503 e. The van der Waals surface area contributed by atoms with Gasteiger partial charge < -0.3 is 24.6 Å². The Kier molecular flexibility index (Phi) is 9.27. The molecule has 2 aromatic rings. The van der Waals surface area contributed by atoms with Gasteiger partial charge in [0.05, 0.1) is 13.0 Å². The van der Waals surface area contributed by atoms with Crippen molar-refractivity contribution in [1.29, 1.82) is 0 Å². The number of aromatic nitrogens is 1. The molecule has 1 aromatic carbocycles. The zero-order chi connectivity index (χ0) is 26.2. The highest BCUT2D eigenvalue weighted by Gasteiger charge is 2.37. The lowest BCUT2D eigenvalue weighted by Crippen LogP contribution is -2.45. The number of carbonyl (C=O) groups is 3. The number of carbonyl (C=O) groups excluding carboxylic acids is 3. The highest BCUT2D eigenvalue weighted by Crippen LogP contribution is 2.30. The third kappa shape index (κ3) is 6.74. The van der Waals surface area contributed by atoms with Crippen LogP contribution in [0.4, 0.5) is 0 Å². The van der Waals surface area contributed by atoms with Crippen LogP contribution in [0, 0.1) is 11.8 Å². The van der Waals surface area contributed by atoms with Gasteiger partial charge in [-0.25, -0.2) is 9.78 Å². The largest absolute Gasteiger partial charge is 0.503 e. The van der Waals surface area contributed by atoms with E-state index in [0.717, 1.165) is 5.56 Å². The Morgan fingerprint density at radius 2 is 1.92 bits per heavy atom. The number of aromatic hydroxyl groups is 1. The van der Waals surface area contributed by atoms with Gasteiger partial charge in [-0.1, -0.05) is 50.6 Å². The molecule has 2 heterocycles. The topological polar surface area (TPSA) is 124 Å². The second-order valence-corrected chi connectivity index (χ2v) is 9.32. The zero-order valence-corrected chi connectivity index (χ0v) is 21.1. The maximum atomic E-state index is 13.1. The number of rotatable bonds is 7. The molecule has 9 nitrogen and oxygen atoms in total. The molecule has 9 heteroatoms. The summed E-state index contributed by atoms with van der Waals surface area (Å²) < 4.78 is 16.6. The number of methoxy groups -OCH3 is 1. The first-order valence-corrected chi connectivity index (χ1v) is 12.2. The predicted molar refractivity (Wildman–Crippen MR) is 131 cm³/mol. The normalized spacial score (nSPS) is 22.5. The summed E-state index contributed by atoms with van der Waals surface area (Å²) >= 11 is 0. The molecular formula is C27H34N2O7. The Hall–Kier alpha value is -3.62. The average Bonchev–Trinajstić information content (AvgIpc) is 2.90. The summed E-state index contributed by atoms with van der Waals surface area (Å²) in [6.45, 7) is 5.22. The second kappa shape index (κ2) is 12.4. The van der Waals surface area contributed by atoms with Gasteiger partial charge in [0.15, 0.2) is 17.2 Å². The summed E-state index contributed by atoms with van der Waals surface area (Å²) in [6, 6.07) is 10.4. The third-order valence-electron chi connectivity index (χ3n) is 6.27. The molecule has 1 aliphatic heterocycles. The maximum absolute atomic E-state index is 13.1. The fourth-order valence-corrected chi connectivity index (χ4v) is 4.30. The molecule has 3 rings (SSSR count). The van der Waals surface area contributed by atoms with Crippen LogP contribution >= 0.6 is 0 Å². The molecule has 4 atom stereocenters. The third-order valence-corrected chi connectivity index (χ3v) is 6.27. The first-order valence-electron chi connectivity index (χ1n) is 12.2. The van der Waals surface area contributed by atoms with Crippen LogP contribution in [0.25, 0.3) is 0 Å². The lowest BCUT2D eigenvalue weighted by molar-refractivity contribution is -0.173. The highest BCUT2D eigenvalue weighted by molar-refractivity contribution is 5.97. The van der Waals surface area contributed by atoms with Crippen LogP contribution in [0.2, 0.25) is 0 Å². The number of ether oxygens (including phenoxy) is 3. The summed E-state index contributed by atoms with van der Waals surface area (Å²) in [7, 11) is 1.36. The number of benzene rings is 1. The maximum Gasteiger partial charge on any atom is 0.329 e. The van der Waals surface area contributed by atoms with E-state index >= 15 is 0 Å². The fraction of sp³-hybridized carbons (Fsp3) is 0.481. The van der Waals surface area contributed by atoms with E-state index in [2.05, 4.69) is 10.3 Å². The van der Waals surface area contributed by atoms with E-state index in [1.807, 2.05) is 30.3 Å². The number of cyclic esters (lactones) is 1. The molecule has 0 aliphatic carbocycles. The van der Waals surface area contributed by atoms with Gasteiger partial charge in [0, 0.05) is 18.2 Å². The lowest BCUT2D eigenvalue weighted by Gasteiger charge is -2.31. The molecule has 0 saturated carbocycles. The van der Waals surface area contributed by atoms with Crippen LogP contribution in [-0.2, 0) is 25.5 Å². The number of nitrogens with one attached hydrogen (secondary N) is 1. The van der Waals surface area contributed by atoms with Gasteiger partial charge in [0.25, 0.3) is 5.91 Å². The van der Waals surface area contributed by atoms with Gasteiger partial charge in [-0.15, -0.1) is 0 Å². The van der Waals surface area contributed by atoms with Crippen LogP contribution in [0.15, 0.2) is 42.6 Å². The van der Waals surface area contributed by atoms with E-state index in [9.17, 15) is 19.5 Å². The van der Waals surface area contributed by atoms with Crippen molar-refractivity contribution in [2.45, 2.75) is 64.7 Å². The summed E-state index contributed by atoms with van der Waals surface area (Å²) in [5, 5.41) is 12.9. The Morgan fingerprint density at radius 3 is 2.58 bits per heavy atom. The number of esters is 2. The van der Waals surface area contributed by atoms with Gasteiger partial charge in [-0.05, 0) is 31.7 Å². The zero-order valence-electron chi connectivity index (χ0n) is 21.1. The van der Waals surface area contributed by atoms with E-state index < -0.39 is 35.9 Å². The van der Waals surface area contributed by atoms with Gasteiger partial charge in [0.2, 0.25) is 0 Å². The monoisotopic (exact) mass is 498 g/mol. The number of hydrogen-bond acceptors (Lipinski definition) is 8. The van der Waals surface area contributed by atoms with E-state index in [1.54, 1.807) is 20.8 Å². The molecule has 1 aliphatic rings. The van der Waals surface area contributed by atoms with Crippen LogP contribution in [-0.4, -0.2) is 53.3 Å². The molecule has 1 saturated heterocycles. The standard InChI is InChI=1S/C27H34N2O7/c1-16(2)26(32)36-24-17(3)35-27(33)20(12-8-11-19(24)15-18-9-6-5-7-10-18)29-25(31)22-23(30)21(34-4)13-14-28-22/h5-7,9-10,13-14,16-17,19-20,24,30H,8,11-12,15H2,1-4H3,(H,29,31). The van der Waals surface area contributed by atoms with Gasteiger partial charge in [0.1, 0.15) is 18.2 Å². The van der Waals surface area contributed by atoms with Crippen molar-refractivity contribution in [2.75, 3.05) is 7.11 Å². The summed E-state index contributed by atoms with van der Waals surface area (Å²) in [5.41, 5.74) is 0.844. The van der Waals surface area contributed by atoms with E-state index in [-0.39, 0.29) is 29.2 Å². The Morgan fingerprint density at radius 1 is 1.19 bits per heavy atom. The van der Waals surface area contributed by atoms with Crippen molar-refractivity contribution in [1.82, 2.24) is 10.3 Å². The number of nitrogens with zero attached hydrogens (tertiary/aromatic N) is 1. The first kappa shape index (κ1) is 27.0. The van der Waals surface area contributed by atoms with Crippen molar-refractivity contribution in [3.63, 3.8) is 0 Å². The molecule has 1 amide bonds. The average molecular weight is 499 g/mol. The first-order chi connectivity index (χ1) is 17.2. The minimum atomic E-state index is -0.954. The Bertz CT molecular complexity index is 1060. The van der Waals surface area contributed by atoms with Crippen LogP contribution in [0.1, 0.15) is 56.1 Å². The molecule has 0 radical (unpaired) electrons. The summed E-state index contributed by atoms with van der Waals surface area (Å²) in [5.74, 6) is -2.44. The number of hydrogen-bond donors (Lipinski definition) is 2. The minimum absolute atomic E-state index is 0.0866. The Balaban J connectivity index is 1.81. The summed E-state index contributed by atoms with van der Waals surface area (Å²) in [4.78, 5) is 42.3. The number of pyridine rings is 1. The SMILES string of the molecule is COc1ccnc(C(=O)NC2CCCC(Cc3ccccc3)C(OC(=O)C(C)C)C(C)OC2=O)c1O. The quantitative estimate of drug-likeness (QED) is 0.557. The highest BCUT2D eigenvalue weighted by atomic mass is 16.6. The van der Waals surface area contributed by atoms with E-state index in [4.69, 9.17) is 14.2 Å². The van der Waals surface area contributed by atoms with E-state index in [0.29, 0.717) is 25.7 Å². The molecule has 2 N–H and O–H groups in total. The van der Waals surface area contributed by atoms with Crippen molar-refractivity contribution < 1.29 is 33.7 Å². The van der Waals surface area contributed by atoms with E-state index in [1.165, 1.54) is 19.4 Å². The molecule has 1 fully saturated rings.